The summed E-state index contributed by atoms with van der Waals surface area (Å²) in [6.45, 7) is 5.63. The van der Waals surface area contributed by atoms with Gasteiger partial charge in [-0.05, 0) is 94.7 Å². The first-order valence-corrected chi connectivity index (χ1v) is 21.5. The molecule has 3 heterocycles. The number of hydrogen-bond acceptors (Lipinski definition) is 10. The van der Waals surface area contributed by atoms with E-state index in [-0.39, 0.29) is 25.5 Å². The van der Waals surface area contributed by atoms with Crippen LogP contribution < -0.4 is 29.6 Å². The summed E-state index contributed by atoms with van der Waals surface area (Å²) < 4.78 is 46.0. The van der Waals surface area contributed by atoms with Gasteiger partial charge in [0, 0.05) is 35.4 Å². The van der Waals surface area contributed by atoms with Crippen LogP contribution in [0.5, 0.6) is 17.2 Å². The number of carboxylic acid groups (broad SMARTS) is 1. The van der Waals surface area contributed by atoms with E-state index in [4.69, 9.17) is 19.2 Å². The Morgan fingerprint density at radius 2 is 1.78 bits per heavy atom. The zero-order chi connectivity index (χ0) is 41.4. The number of rotatable bonds is 10. The van der Waals surface area contributed by atoms with Crippen LogP contribution in [0.25, 0.3) is 22.2 Å². The van der Waals surface area contributed by atoms with E-state index in [0.717, 1.165) is 12.0 Å². The van der Waals surface area contributed by atoms with E-state index >= 15 is 0 Å². The molecule has 0 bridgehead atoms. The summed E-state index contributed by atoms with van der Waals surface area (Å²) in [6.07, 6.45) is 5.38. The lowest BCUT2D eigenvalue weighted by Gasteiger charge is -2.31. The quantitative estimate of drug-likeness (QED) is 0.202. The number of aromatic nitrogens is 1. The van der Waals surface area contributed by atoms with Crippen molar-refractivity contribution in [1.29, 1.82) is 0 Å². The Labute approximate surface area is 337 Å². The maximum atomic E-state index is 14.5. The summed E-state index contributed by atoms with van der Waals surface area (Å²) in [4.78, 5) is 61.0. The Morgan fingerprint density at radius 1 is 1.03 bits per heavy atom. The monoisotopic (exact) mass is 817 g/mol. The standard InChI is InChI=1S/C42H51N5O10S/c1-24(2)56-28-13-11-26(12-14-28)33-21-36(32-18-15-29(55-4)19-34(32)43-33)57-30-20-35-38(48)45-42(40(50)46-58(53,54)31-16-17-31)22-27(42)10-8-6-5-7-9-25(3)37(44-41(51)52)39(49)47(35)23-30/h8,10-15,18-19,21,24-25,27,30-31,35,37,44H,5-7,9,16-17,20,22-23H2,1-4H3,(H,45,48)(H,46,50)(H,51,52)/t25-,27-,30-,35+,37+,42-/m1/s1. The summed E-state index contributed by atoms with van der Waals surface area (Å²) in [7, 11) is -2.36. The SMILES string of the molecule is COc1ccc2c(O[C@@H]3C[C@H]4C(=O)N[C@]5(C(=O)NS(=O)(=O)C6CC6)C[C@H]5C=CCCCC[C@@H](C)[C@H](NC(=O)O)C(=O)N4C3)cc(-c3ccc(OC(C)C)cc3)nc2c1. The maximum Gasteiger partial charge on any atom is 0.405 e. The van der Waals surface area contributed by atoms with Gasteiger partial charge in [-0.1, -0.05) is 25.5 Å². The van der Waals surface area contributed by atoms with Gasteiger partial charge in [0.15, 0.2) is 0 Å². The molecule has 3 fully saturated rings. The number of allylic oxidation sites excluding steroid dienone is 1. The highest BCUT2D eigenvalue weighted by Crippen LogP contribution is 2.46. The number of carbonyl (C=O) groups excluding carboxylic acids is 3. The Hall–Kier alpha value is -5.38. The number of hydrogen-bond donors (Lipinski definition) is 4. The Balaban J connectivity index is 1.23. The molecule has 4 aliphatic rings. The molecule has 2 aliphatic heterocycles. The molecule has 7 rings (SSSR count). The van der Waals surface area contributed by atoms with Crippen LogP contribution in [0.3, 0.4) is 0 Å². The second-order valence-corrected chi connectivity index (χ2v) is 18.1. The van der Waals surface area contributed by atoms with Crippen molar-refractivity contribution in [2.75, 3.05) is 13.7 Å². The summed E-state index contributed by atoms with van der Waals surface area (Å²) in [5.41, 5.74) is 0.420. The van der Waals surface area contributed by atoms with E-state index in [1.807, 2.05) is 56.3 Å². The lowest BCUT2D eigenvalue weighted by molar-refractivity contribution is -0.142. The van der Waals surface area contributed by atoms with Crippen molar-refractivity contribution in [2.45, 2.75) is 107 Å². The minimum atomic E-state index is -3.92. The predicted molar refractivity (Wildman–Crippen MR) is 215 cm³/mol. The molecule has 6 atom stereocenters. The third-order valence-corrected chi connectivity index (χ3v) is 13.2. The van der Waals surface area contributed by atoms with Gasteiger partial charge in [0.2, 0.25) is 21.8 Å². The van der Waals surface area contributed by atoms with Crippen LogP contribution in [0.15, 0.2) is 60.7 Å². The summed E-state index contributed by atoms with van der Waals surface area (Å²) in [5, 5.41) is 15.1. The van der Waals surface area contributed by atoms with Gasteiger partial charge in [-0.25, -0.2) is 18.2 Å². The fraction of sp³-hybridized carbons (Fsp3) is 0.500. The number of nitrogens with one attached hydrogen (secondary N) is 3. The number of fused-ring (bicyclic) bond motifs is 3. The number of carbonyl (C=O) groups is 4. The average molecular weight is 818 g/mol. The van der Waals surface area contributed by atoms with Gasteiger partial charge < -0.3 is 34.9 Å². The zero-order valence-electron chi connectivity index (χ0n) is 33.1. The fourth-order valence-corrected chi connectivity index (χ4v) is 9.33. The molecule has 4 amide bonds. The maximum absolute atomic E-state index is 14.5. The van der Waals surface area contributed by atoms with Gasteiger partial charge in [0.25, 0.3) is 5.91 Å². The van der Waals surface area contributed by atoms with E-state index in [0.29, 0.717) is 65.9 Å². The van der Waals surface area contributed by atoms with Crippen molar-refractivity contribution < 1.29 is 46.9 Å². The smallest absolute Gasteiger partial charge is 0.405 e. The molecule has 3 aromatic rings. The van der Waals surface area contributed by atoms with Crippen LogP contribution in [-0.2, 0) is 24.4 Å². The molecule has 1 saturated heterocycles. The van der Waals surface area contributed by atoms with Gasteiger partial charge in [-0.2, -0.15) is 0 Å². The predicted octanol–water partition coefficient (Wildman–Crippen LogP) is 4.93. The van der Waals surface area contributed by atoms with Gasteiger partial charge >= 0.3 is 6.09 Å². The van der Waals surface area contributed by atoms with Gasteiger partial charge in [0.05, 0.1) is 36.2 Å². The van der Waals surface area contributed by atoms with E-state index in [1.54, 1.807) is 32.2 Å². The molecule has 2 aromatic carbocycles. The molecule has 0 radical (unpaired) electrons. The highest BCUT2D eigenvalue weighted by molar-refractivity contribution is 7.91. The van der Waals surface area contributed by atoms with Gasteiger partial charge in [0.1, 0.15) is 41.0 Å². The van der Waals surface area contributed by atoms with Crippen LogP contribution >= 0.6 is 0 Å². The largest absolute Gasteiger partial charge is 0.497 e. The third-order valence-electron chi connectivity index (χ3n) is 11.4. The lowest BCUT2D eigenvalue weighted by Crippen LogP contribution is -2.59. The summed E-state index contributed by atoms with van der Waals surface area (Å²) in [5.74, 6) is -1.21. The molecule has 2 aliphatic carbocycles. The van der Waals surface area contributed by atoms with Crippen molar-refractivity contribution in [3.8, 4) is 28.5 Å². The third kappa shape index (κ3) is 8.86. The number of benzene rings is 2. The van der Waals surface area contributed by atoms with Crippen molar-refractivity contribution >= 4 is 44.7 Å². The van der Waals surface area contributed by atoms with Crippen molar-refractivity contribution in [3.05, 3.63) is 60.7 Å². The first kappa shape index (κ1) is 40.8. The molecular formula is C42H51N5O10S. The minimum Gasteiger partial charge on any atom is -0.497 e. The number of sulfonamides is 1. The molecule has 0 spiro atoms. The highest BCUT2D eigenvalue weighted by atomic mass is 32.2. The number of pyridine rings is 1. The number of amides is 4. The second-order valence-electron chi connectivity index (χ2n) is 16.1. The van der Waals surface area contributed by atoms with Crippen molar-refractivity contribution in [2.24, 2.45) is 11.8 Å². The van der Waals surface area contributed by atoms with E-state index in [9.17, 15) is 32.7 Å². The Kier molecular flexibility index (Phi) is 11.6. The first-order chi connectivity index (χ1) is 27.7. The van der Waals surface area contributed by atoms with Gasteiger partial charge in [-0.15, -0.1) is 0 Å². The Bertz CT molecular complexity index is 2210. The van der Waals surface area contributed by atoms with Crippen LogP contribution in [0, 0.1) is 11.8 Å². The molecule has 4 N–H and O–H groups in total. The van der Waals surface area contributed by atoms with Crippen molar-refractivity contribution in [1.82, 2.24) is 25.2 Å². The lowest BCUT2D eigenvalue weighted by atomic mass is 9.94. The molecule has 310 valence electrons. The molecular weight excluding hydrogens is 767 g/mol. The number of nitrogens with zero attached hydrogens (tertiary/aromatic N) is 2. The van der Waals surface area contributed by atoms with E-state index in [1.165, 1.54) is 4.90 Å². The van der Waals surface area contributed by atoms with Gasteiger partial charge in [-0.3, -0.25) is 19.1 Å². The summed E-state index contributed by atoms with van der Waals surface area (Å²) in [6, 6.07) is 12.3. The van der Waals surface area contributed by atoms with Crippen LogP contribution in [0.4, 0.5) is 4.79 Å². The van der Waals surface area contributed by atoms with Crippen molar-refractivity contribution in [3.63, 3.8) is 0 Å². The van der Waals surface area contributed by atoms with Crippen LogP contribution in [-0.4, -0.2) is 96.0 Å². The molecule has 15 nitrogen and oxygen atoms in total. The van der Waals surface area contributed by atoms with E-state index in [2.05, 4.69) is 15.4 Å². The number of ether oxygens (including phenoxy) is 3. The topological polar surface area (TPSA) is 203 Å². The molecule has 2 saturated carbocycles. The molecule has 0 unspecified atom stereocenters. The normalized spacial score (nSPS) is 26.4. The molecule has 1 aromatic heterocycles. The van der Waals surface area contributed by atoms with Crippen LogP contribution in [0.1, 0.15) is 72.1 Å². The summed E-state index contributed by atoms with van der Waals surface area (Å²) >= 11 is 0. The zero-order valence-corrected chi connectivity index (χ0v) is 33.9. The fourth-order valence-electron chi connectivity index (χ4n) is 7.96. The highest BCUT2D eigenvalue weighted by Gasteiger charge is 2.62. The second kappa shape index (κ2) is 16.5. The van der Waals surface area contributed by atoms with E-state index < -0.39 is 74.7 Å². The average Bonchev–Trinajstić information content (AvgIpc) is 4.11. The molecule has 16 heteroatoms. The minimum absolute atomic E-state index is 0.000859. The number of methoxy groups -OCH3 is 1. The van der Waals surface area contributed by atoms with Crippen LogP contribution in [0.2, 0.25) is 0 Å². The first-order valence-electron chi connectivity index (χ1n) is 19.9. The Morgan fingerprint density at radius 3 is 2.47 bits per heavy atom. The molecule has 58 heavy (non-hydrogen) atoms.